The lowest BCUT2D eigenvalue weighted by Gasteiger charge is -2.27. The van der Waals surface area contributed by atoms with Crippen LogP contribution in [0.3, 0.4) is 0 Å². The van der Waals surface area contributed by atoms with Gasteiger partial charge < -0.3 is 13.9 Å². The van der Waals surface area contributed by atoms with Gasteiger partial charge in [-0.3, -0.25) is 9.36 Å². The number of fused-ring (bicyclic) bond motifs is 2. The van der Waals surface area contributed by atoms with Gasteiger partial charge in [0.25, 0.3) is 5.56 Å². The third kappa shape index (κ3) is 5.13. The number of nitrogens with zero attached hydrogens (tertiary/aromatic N) is 2. The number of thiazole rings is 1. The monoisotopic (exact) mass is 618 g/mol. The number of hydrogen-bond acceptors (Lipinski definition) is 7. The fourth-order valence-electron chi connectivity index (χ4n) is 5.36. The van der Waals surface area contributed by atoms with E-state index in [4.69, 9.17) is 13.9 Å². The molecule has 0 amide bonds. The Morgan fingerprint density at radius 2 is 1.89 bits per heavy atom. The molecule has 0 aliphatic carbocycles. The van der Waals surface area contributed by atoms with Crippen LogP contribution in [0.1, 0.15) is 36.8 Å². The largest absolute Gasteiger partial charge is 0.496 e. The summed E-state index contributed by atoms with van der Waals surface area (Å²) in [5, 5.41) is 1.68. The fraction of sp³-hybridized carbons (Fsp3) is 0.182. The Labute approximate surface area is 252 Å². The number of ether oxygens (including phenoxy) is 2. The summed E-state index contributed by atoms with van der Waals surface area (Å²) in [6.07, 6.45) is -2.98. The molecule has 0 spiro atoms. The van der Waals surface area contributed by atoms with Crippen LogP contribution in [-0.2, 0) is 15.7 Å². The van der Waals surface area contributed by atoms with Crippen molar-refractivity contribution in [1.82, 2.24) is 4.57 Å². The number of methoxy groups -OCH3 is 1. The second kappa shape index (κ2) is 11.3. The molecule has 5 aromatic rings. The van der Waals surface area contributed by atoms with E-state index < -0.39 is 29.3 Å². The maximum absolute atomic E-state index is 14.1. The minimum absolute atomic E-state index is 0.131. The van der Waals surface area contributed by atoms with Crippen molar-refractivity contribution in [3.8, 4) is 17.1 Å². The van der Waals surface area contributed by atoms with Gasteiger partial charge in [-0.25, -0.2) is 9.79 Å². The quantitative estimate of drug-likeness (QED) is 0.211. The minimum Gasteiger partial charge on any atom is -0.496 e. The van der Waals surface area contributed by atoms with Crippen molar-refractivity contribution >= 4 is 34.2 Å². The summed E-state index contributed by atoms with van der Waals surface area (Å²) >= 11 is 1.11. The molecular weight excluding hydrogens is 593 g/mol. The number of allylic oxidation sites excluding steroid dienone is 1. The van der Waals surface area contributed by atoms with Crippen LogP contribution in [0.4, 0.5) is 13.2 Å². The number of alkyl halides is 3. The van der Waals surface area contributed by atoms with Gasteiger partial charge in [0.15, 0.2) is 4.80 Å². The summed E-state index contributed by atoms with van der Waals surface area (Å²) in [4.78, 5) is 32.5. The van der Waals surface area contributed by atoms with E-state index in [1.165, 1.54) is 29.9 Å². The van der Waals surface area contributed by atoms with Crippen molar-refractivity contribution in [2.45, 2.75) is 26.1 Å². The first-order chi connectivity index (χ1) is 21.1. The number of halogens is 3. The van der Waals surface area contributed by atoms with E-state index >= 15 is 0 Å². The maximum atomic E-state index is 14.1. The Morgan fingerprint density at radius 1 is 1.09 bits per heavy atom. The smallest absolute Gasteiger partial charge is 0.416 e. The van der Waals surface area contributed by atoms with E-state index in [-0.39, 0.29) is 33.8 Å². The van der Waals surface area contributed by atoms with Crippen LogP contribution < -0.4 is 19.6 Å². The van der Waals surface area contributed by atoms with Crippen molar-refractivity contribution in [2.75, 3.05) is 13.7 Å². The van der Waals surface area contributed by atoms with Gasteiger partial charge in [-0.2, -0.15) is 13.2 Å². The van der Waals surface area contributed by atoms with Crippen LogP contribution >= 0.6 is 11.3 Å². The van der Waals surface area contributed by atoms with Gasteiger partial charge in [-0.15, -0.1) is 0 Å². The van der Waals surface area contributed by atoms with Crippen LogP contribution in [0.25, 0.3) is 28.2 Å². The third-order valence-electron chi connectivity index (χ3n) is 7.32. The van der Waals surface area contributed by atoms with Crippen LogP contribution in [0.15, 0.2) is 98.3 Å². The molecule has 6 rings (SSSR count). The summed E-state index contributed by atoms with van der Waals surface area (Å²) in [5.74, 6) is 0.369. The number of aromatic nitrogens is 1. The lowest BCUT2D eigenvalue weighted by molar-refractivity contribution is -0.139. The zero-order valence-corrected chi connectivity index (χ0v) is 24.6. The summed E-state index contributed by atoms with van der Waals surface area (Å²) in [6, 6.07) is 18.3. The molecule has 224 valence electrons. The lowest BCUT2D eigenvalue weighted by Crippen LogP contribution is -2.40. The van der Waals surface area contributed by atoms with E-state index in [9.17, 15) is 22.8 Å². The fourth-order valence-corrected chi connectivity index (χ4v) is 6.39. The number of benzene rings is 3. The lowest BCUT2D eigenvalue weighted by atomic mass is 9.90. The topological polar surface area (TPSA) is 83.0 Å². The normalized spacial score (nSPS) is 15.3. The van der Waals surface area contributed by atoms with Gasteiger partial charge >= 0.3 is 12.1 Å². The highest BCUT2D eigenvalue weighted by atomic mass is 32.1. The maximum Gasteiger partial charge on any atom is 0.416 e. The molecule has 7 nitrogen and oxygen atoms in total. The first-order valence-corrected chi connectivity index (χ1v) is 14.4. The molecule has 3 heterocycles. The van der Waals surface area contributed by atoms with Gasteiger partial charge in [0, 0.05) is 17.2 Å². The number of rotatable bonds is 6. The predicted octanol–water partition coefficient (Wildman–Crippen LogP) is 6.24. The third-order valence-corrected chi connectivity index (χ3v) is 8.30. The molecule has 1 aliphatic heterocycles. The van der Waals surface area contributed by atoms with Crippen LogP contribution in [-0.4, -0.2) is 24.3 Å². The Hall–Kier alpha value is -4.90. The van der Waals surface area contributed by atoms with E-state index in [2.05, 4.69) is 4.99 Å². The van der Waals surface area contributed by atoms with Crippen molar-refractivity contribution in [2.24, 2.45) is 4.99 Å². The molecule has 0 bridgehead atoms. The van der Waals surface area contributed by atoms with Gasteiger partial charge in [-0.1, -0.05) is 53.8 Å². The predicted molar refractivity (Wildman–Crippen MR) is 160 cm³/mol. The molecule has 2 aromatic heterocycles. The van der Waals surface area contributed by atoms with Crippen LogP contribution in [0.2, 0.25) is 0 Å². The van der Waals surface area contributed by atoms with Crippen LogP contribution in [0.5, 0.6) is 5.75 Å². The molecule has 3 aromatic carbocycles. The number of esters is 1. The zero-order chi connectivity index (χ0) is 31.2. The summed E-state index contributed by atoms with van der Waals surface area (Å²) in [6.45, 7) is 3.53. The first-order valence-electron chi connectivity index (χ1n) is 13.6. The molecule has 0 saturated carbocycles. The van der Waals surface area contributed by atoms with Crippen molar-refractivity contribution in [3.63, 3.8) is 0 Å². The summed E-state index contributed by atoms with van der Waals surface area (Å²) < 4.78 is 58.5. The molecule has 11 heteroatoms. The summed E-state index contributed by atoms with van der Waals surface area (Å²) in [7, 11) is 1.52. The summed E-state index contributed by atoms with van der Waals surface area (Å²) in [5.41, 5.74) is 0.253. The molecular formula is C33H25F3N2O5S. The highest BCUT2D eigenvalue weighted by Gasteiger charge is 2.36. The molecule has 0 N–H and O–H groups in total. The molecule has 1 atom stereocenters. The van der Waals surface area contributed by atoms with Gasteiger partial charge in [0.05, 0.1) is 35.1 Å². The second-order valence-corrected chi connectivity index (χ2v) is 11.0. The highest BCUT2D eigenvalue weighted by molar-refractivity contribution is 7.07. The average molecular weight is 619 g/mol. The van der Waals surface area contributed by atoms with Gasteiger partial charge in [0.2, 0.25) is 0 Å². The van der Waals surface area contributed by atoms with E-state index in [0.29, 0.717) is 21.8 Å². The number of carbonyl (C=O) groups is 1. The number of hydrogen-bond donors (Lipinski definition) is 0. The van der Waals surface area contributed by atoms with E-state index in [1.54, 1.807) is 32.0 Å². The van der Waals surface area contributed by atoms with Crippen molar-refractivity contribution in [1.29, 1.82) is 0 Å². The highest BCUT2D eigenvalue weighted by Crippen LogP contribution is 2.40. The first kappa shape index (κ1) is 29.2. The Kier molecular flexibility index (Phi) is 7.50. The Morgan fingerprint density at radius 3 is 2.64 bits per heavy atom. The van der Waals surface area contributed by atoms with Crippen LogP contribution in [0, 0.1) is 0 Å². The second-order valence-electron chi connectivity index (χ2n) is 9.99. The molecule has 0 radical (unpaired) electrons. The molecule has 1 aliphatic rings. The van der Waals surface area contributed by atoms with Crippen molar-refractivity contribution < 1.29 is 31.9 Å². The number of carbonyl (C=O) groups excluding carboxylic acids is 1. The Bertz CT molecular complexity index is 2140. The standard InChI is InChI=1S/C33H25F3N2O5S/c1-4-42-31(40)27-18(2)37-32-38(29(27)28-23-11-6-5-8-19(23)12-14-25(28)41-3)30(39)26(44-32)17-22-13-15-24(43-22)20-9-7-10-21(16-20)33(34,35)36/h5-17,29H,4H2,1-3H3/b26-17-/t29-/m1/s1. The van der Waals surface area contributed by atoms with Crippen molar-refractivity contribution in [3.05, 3.63) is 121 Å². The molecule has 0 unspecified atom stereocenters. The molecule has 0 fully saturated rings. The zero-order valence-electron chi connectivity index (χ0n) is 23.8. The minimum atomic E-state index is -4.50. The number of furan rings is 1. The van der Waals surface area contributed by atoms with Gasteiger partial charge in [-0.05, 0) is 55.0 Å². The van der Waals surface area contributed by atoms with E-state index in [0.717, 1.165) is 34.2 Å². The van der Waals surface area contributed by atoms with E-state index in [1.807, 2.05) is 30.3 Å². The SMILES string of the molecule is CCOC(=O)C1=C(C)N=c2s/c(=C\c3ccc(-c4cccc(C(F)(F)F)c4)o3)c(=O)n2[C@H]1c1c(OC)ccc2ccccc12. The average Bonchev–Trinajstić information content (AvgIpc) is 3.59. The van der Waals surface area contributed by atoms with Gasteiger partial charge in [0.1, 0.15) is 23.3 Å². The molecule has 0 saturated heterocycles. The Balaban J connectivity index is 1.53. The molecule has 44 heavy (non-hydrogen) atoms.